The maximum Gasteiger partial charge on any atom is 0.257 e. The molecule has 0 saturated carbocycles. The molecule has 2 N–H and O–H groups in total. The molecular formula is C16H23N3OS2. The third-order valence-corrected chi connectivity index (χ3v) is 4.89. The van der Waals surface area contributed by atoms with E-state index < -0.39 is 0 Å². The van der Waals surface area contributed by atoms with Crippen molar-refractivity contribution in [3.05, 3.63) is 32.3 Å². The number of aromatic nitrogens is 2. The molecule has 0 aliphatic carbocycles. The number of thioether (sulfide) groups is 1. The quantitative estimate of drug-likeness (QED) is 0.592. The van der Waals surface area contributed by atoms with Gasteiger partial charge in [-0.3, -0.25) is 9.78 Å². The second kappa shape index (κ2) is 7.92. The molecule has 0 unspecified atom stereocenters. The first-order chi connectivity index (χ1) is 10.5. The molecule has 0 aromatic carbocycles. The van der Waals surface area contributed by atoms with Crippen LogP contribution in [0.4, 0.5) is 5.82 Å². The lowest BCUT2D eigenvalue weighted by Gasteiger charge is -2.09. The first-order valence-electron chi connectivity index (χ1n) is 7.65. The number of allylic oxidation sites excluding steroid dienone is 2. The van der Waals surface area contributed by atoms with Crippen molar-refractivity contribution >= 4 is 34.8 Å². The van der Waals surface area contributed by atoms with Crippen LogP contribution in [-0.2, 0) is 6.42 Å². The molecule has 6 heteroatoms. The van der Waals surface area contributed by atoms with Gasteiger partial charge in [-0.1, -0.05) is 18.6 Å². The Balaban J connectivity index is 1.79. The Bertz CT molecular complexity index is 696. The van der Waals surface area contributed by atoms with Gasteiger partial charge in [0.2, 0.25) is 0 Å². The number of rotatable bonds is 6. The fourth-order valence-electron chi connectivity index (χ4n) is 2.34. The summed E-state index contributed by atoms with van der Waals surface area (Å²) in [6.07, 6.45) is 6.48. The van der Waals surface area contributed by atoms with E-state index in [0.717, 1.165) is 17.2 Å². The van der Waals surface area contributed by atoms with Gasteiger partial charge in [0.1, 0.15) is 5.82 Å². The number of hydrogen-bond donors (Lipinski definition) is 2. The van der Waals surface area contributed by atoms with Crippen LogP contribution in [0.5, 0.6) is 0 Å². The molecule has 0 amide bonds. The van der Waals surface area contributed by atoms with Gasteiger partial charge in [0.05, 0.1) is 10.6 Å². The summed E-state index contributed by atoms with van der Waals surface area (Å²) < 4.78 is 0.339. The molecule has 0 radical (unpaired) electrons. The molecule has 1 aliphatic heterocycles. The van der Waals surface area contributed by atoms with Crippen molar-refractivity contribution in [3.63, 3.8) is 0 Å². The van der Waals surface area contributed by atoms with Crippen LogP contribution in [0.1, 0.15) is 45.6 Å². The van der Waals surface area contributed by atoms with Crippen molar-refractivity contribution < 1.29 is 0 Å². The van der Waals surface area contributed by atoms with Crippen LogP contribution < -0.4 is 5.56 Å². The summed E-state index contributed by atoms with van der Waals surface area (Å²) in [4.78, 5) is 21.8. The number of aromatic amines is 2. The summed E-state index contributed by atoms with van der Waals surface area (Å²) in [6.45, 7) is 6.58. The molecule has 1 aromatic rings. The molecule has 0 bridgehead atoms. The van der Waals surface area contributed by atoms with E-state index in [-0.39, 0.29) is 5.56 Å². The molecule has 0 spiro atoms. The second-order valence-electron chi connectivity index (χ2n) is 6.02. The molecule has 2 rings (SSSR count). The van der Waals surface area contributed by atoms with E-state index in [9.17, 15) is 4.79 Å². The fourth-order valence-corrected chi connectivity index (χ4v) is 3.68. The van der Waals surface area contributed by atoms with E-state index in [1.54, 1.807) is 11.8 Å². The van der Waals surface area contributed by atoms with Crippen LogP contribution in [0.15, 0.2) is 21.4 Å². The Hall–Kier alpha value is -1.14. The van der Waals surface area contributed by atoms with Crippen molar-refractivity contribution in [2.45, 2.75) is 46.5 Å². The normalized spacial score (nSPS) is 14.4. The third-order valence-electron chi connectivity index (χ3n) is 3.67. The van der Waals surface area contributed by atoms with Crippen LogP contribution in [0.3, 0.4) is 0 Å². The van der Waals surface area contributed by atoms with Gasteiger partial charge in [-0.2, -0.15) is 0 Å². The molecule has 2 heterocycles. The van der Waals surface area contributed by atoms with Crippen molar-refractivity contribution in [2.24, 2.45) is 10.9 Å². The first kappa shape index (κ1) is 17.2. The highest BCUT2D eigenvalue weighted by Gasteiger charge is 2.19. The highest BCUT2D eigenvalue weighted by molar-refractivity contribution is 8.14. The third kappa shape index (κ3) is 4.95. The Kier molecular flexibility index (Phi) is 6.20. The van der Waals surface area contributed by atoms with Crippen molar-refractivity contribution in [1.29, 1.82) is 0 Å². The lowest BCUT2D eigenvalue weighted by molar-refractivity contribution is 0.525. The van der Waals surface area contributed by atoms with E-state index in [4.69, 9.17) is 12.2 Å². The predicted octanol–water partition coefficient (Wildman–Crippen LogP) is 4.52. The van der Waals surface area contributed by atoms with Crippen LogP contribution in [0, 0.1) is 10.7 Å². The molecular weight excluding hydrogens is 314 g/mol. The minimum atomic E-state index is -0.117. The van der Waals surface area contributed by atoms with Gasteiger partial charge in [-0.15, -0.1) is 11.8 Å². The predicted molar refractivity (Wildman–Crippen MR) is 98.0 cm³/mol. The number of hydrogen-bond acceptors (Lipinski definition) is 4. The van der Waals surface area contributed by atoms with Crippen molar-refractivity contribution in [2.75, 3.05) is 5.75 Å². The minimum absolute atomic E-state index is 0.117. The van der Waals surface area contributed by atoms with Gasteiger partial charge in [-0.25, -0.2) is 4.99 Å². The molecule has 0 saturated heterocycles. The lowest BCUT2D eigenvalue weighted by Crippen LogP contribution is -2.13. The lowest BCUT2D eigenvalue weighted by atomic mass is 10.0. The molecule has 22 heavy (non-hydrogen) atoms. The van der Waals surface area contributed by atoms with E-state index in [1.807, 2.05) is 0 Å². The van der Waals surface area contributed by atoms with Crippen molar-refractivity contribution in [3.8, 4) is 0 Å². The summed E-state index contributed by atoms with van der Waals surface area (Å²) in [7, 11) is 0. The zero-order valence-corrected chi connectivity index (χ0v) is 15.0. The van der Waals surface area contributed by atoms with Gasteiger partial charge in [0.25, 0.3) is 5.56 Å². The number of fused-ring (bicyclic) bond motifs is 1. The van der Waals surface area contributed by atoms with Gasteiger partial charge in [-0.05, 0) is 57.0 Å². The SMILES string of the molecule is CC(C)=CCC[C@@H](C)CCSC1=Nc2[nH]c(=S)[nH]c(=O)c2C1. The van der Waals surface area contributed by atoms with Gasteiger partial charge < -0.3 is 4.98 Å². The van der Waals surface area contributed by atoms with Crippen LogP contribution in [0.2, 0.25) is 0 Å². The number of H-pyrrole nitrogens is 2. The van der Waals surface area contributed by atoms with Crippen LogP contribution in [-0.4, -0.2) is 20.8 Å². The van der Waals surface area contributed by atoms with Crippen LogP contribution >= 0.6 is 24.0 Å². The zero-order chi connectivity index (χ0) is 16.1. The largest absolute Gasteiger partial charge is 0.317 e. The molecule has 1 atom stereocenters. The molecule has 4 nitrogen and oxygen atoms in total. The second-order valence-corrected chi connectivity index (χ2v) is 7.60. The molecule has 0 fully saturated rings. The Morgan fingerprint density at radius 2 is 2.18 bits per heavy atom. The number of nitrogens with zero attached hydrogens (tertiary/aromatic N) is 1. The van der Waals surface area contributed by atoms with Gasteiger partial charge in [0, 0.05) is 6.42 Å². The number of aliphatic imine (C=N–C) groups is 1. The highest BCUT2D eigenvalue weighted by atomic mass is 32.2. The van der Waals surface area contributed by atoms with E-state index in [2.05, 4.69) is 41.8 Å². The monoisotopic (exact) mass is 337 g/mol. The average molecular weight is 338 g/mol. The Morgan fingerprint density at radius 1 is 1.41 bits per heavy atom. The van der Waals surface area contributed by atoms with Gasteiger partial charge in [0.15, 0.2) is 4.77 Å². The van der Waals surface area contributed by atoms with Crippen molar-refractivity contribution in [1.82, 2.24) is 9.97 Å². The summed E-state index contributed by atoms with van der Waals surface area (Å²) in [5.74, 6) is 2.39. The fraction of sp³-hybridized carbons (Fsp3) is 0.562. The zero-order valence-electron chi connectivity index (χ0n) is 13.4. The standard InChI is InChI=1S/C16H23N3OS2/c1-10(2)5-4-6-11(3)7-8-22-13-9-12-14(17-13)18-16(21)19-15(12)20/h5,11H,4,6-9H2,1-3H3,(H2,18,19,20,21)/t11-/m1/s1. The first-order valence-corrected chi connectivity index (χ1v) is 9.04. The Labute approximate surface area is 140 Å². The summed E-state index contributed by atoms with van der Waals surface area (Å²) in [5, 5.41) is 1.01. The summed E-state index contributed by atoms with van der Waals surface area (Å²) in [6, 6.07) is 0. The number of nitrogens with one attached hydrogen (secondary N) is 2. The van der Waals surface area contributed by atoms with E-state index >= 15 is 0 Å². The van der Waals surface area contributed by atoms with Gasteiger partial charge >= 0.3 is 0 Å². The summed E-state index contributed by atoms with van der Waals surface area (Å²) in [5.41, 5.74) is 1.98. The summed E-state index contributed by atoms with van der Waals surface area (Å²) >= 11 is 6.72. The van der Waals surface area contributed by atoms with Crippen LogP contribution in [0.25, 0.3) is 0 Å². The maximum atomic E-state index is 11.8. The topological polar surface area (TPSA) is 61.0 Å². The Morgan fingerprint density at radius 3 is 2.91 bits per heavy atom. The van der Waals surface area contributed by atoms with E-state index in [1.165, 1.54) is 18.4 Å². The smallest absolute Gasteiger partial charge is 0.257 e. The highest BCUT2D eigenvalue weighted by Crippen LogP contribution is 2.26. The molecule has 120 valence electrons. The molecule has 1 aromatic heterocycles. The maximum absolute atomic E-state index is 11.8. The average Bonchev–Trinajstić information content (AvgIpc) is 2.81. The van der Waals surface area contributed by atoms with E-state index in [0.29, 0.717) is 28.5 Å². The molecule has 1 aliphatic rings. The minimum Gasteiger partial charge on any atom is -0.317 e.